The molecule has 0 bridgehead atoms. The van der Waals surface area contributed by atoms with Crippen LogP contribution in [-0.4, -0.2) is 18.3 Å². The van der Waals surface area contributed by atoms with Gasteiger partial charge < -0.3 is 0 Å². The second-order valence-electron chi connectivity index (χ2n) is 4.11. The van der Waals surface area contributed by atoms with Gasteiger partial charge in [-0.3, -0.25) is 27.9 Å². The van der Waals surface area contributed by atoms with Crippen LogP contribution in [0.1, 0.15) is 0 Å². The predicted octanol–water partition coefficient (Wildman–Crippen LogP) is -2.37. The Hall–Kier alpha value is -2.38. The minimum Gasteiger partial charge on any atom is -0.290 e. The van der Waals surface area contributed by atoms with Gasteiger partial charge in [-0.2, -0.15) is 0 Å². The molecular weight excluding hydrogens is 240 g/mol. The maximum atomic E-state index is 12.0. The van der Waals surface area contributed by atoms with E-state index in [0.717, 1.165) is 18.3 Å². The van der Waals surface area contributed by atoms with Gasteiger partial charge >= 0.3 is 11.4 Å². The SMILES string of the molecule is Cn1c(=O)c2c(c(=O)n(C)c(=O)n2C)n(C)c1=O. The molecule has 0 fully saturated rings. The topological polar surface area (TPSA) is 88.0 Å². The Bertz CT molecular complexity index is 818. The van der Waals surface area contributed by atoms with Crippen molar-refractivity contribution < 1.29 is 0 Å². The molecule has 96 valence electrons. The third-order valence-corrected chi connectivity index (χ3v) is 3.06. The number of fused-ring (bicyclic) bond motifs is 1. The summed E-state index contributed by atoms with van der Waals surface area (Å²) < 4.78 is 3.86. The first kappa shape index (κ1) is 12.1. The first-order valence-electron chi connectivity index (χ1n) is 5.14. The summed E-state index contributed by atoms with van der Waals surface area (Å²) in [5, 5.41) is 0. The highest BCUT2D eigenvalue weighted by molar-refractivity contribution is 5.72. The lowest BCUT2D eigenvalue weighted by Crippen LogP contribution is -2.46. The number of hydrogen-bond acceptors (Lipinski definition) is 4. The monoisotopic (exact) mass is 252 g/mol. The molecule has 0 N–H and O–H groups in total. The number of nitrogens with zero attached hydrogens (tertiary/aromatic N) is 4. The molecule has 0 aliphatic heterocycles. The summed E-state index contributed by atoms with van der Waals surface area (Å²) in [5.41, 5.74) is -2.69. The van der Waals surface area contributed by atoms with Crippen LogP contribution >= 0.6 is 0 Å². The van der Waals surface area contributed by atoms with Gasteiger partial charge in [0.15, 0.2) is 0 Å². The molecule has 2 heterocycles. The second-order valence-corrected chi connectivity index (χ2v) is 4.11. The minimum atomic E-state index is -0.662. The van der Waals surface area contributed by atoms with E-state index >= 15 is 0 Å². The highest BCUT2D eigenvalue weighted by atomic mass is 16.2. The Labute approximate surface area is 99.9 Å². The van der Waals surface area contributed by atoms with Gasteiger partial charge in [0.1, 0.15) is 11.0 Å². The van der Waals surface area contributed by atoms with Crippen molar-refractivity contribution in [1.29, 1.82) is 0 Å². The summed E-state index contributed by atoms with van der Waals surface area (Å²) in [6.07, 6.45) is 0. The van der Waals surface area contributed by atoms with Crippen LogP contribution in [0.3, 0.4) is 0 Å². The molecule has 18 heavy (non-hydrogen) atoms. The van der Waals surface area contributed by atoms with E-state index in [-0.39, 0.29) is 11.0 Å². The third kappa shape index (κ3) is 1.25. The Morgan fingerprint density at radius 2 is 0.833 bits per heavy atom. The van der Waals surface area contributed by atoms with Crippen molar-refractivity contribution in [2.45, 2.75) is 0 Å². The largest absolute Gasteiger partial charge is 0.331 e. The van der Waals surface area contributed by atoms with Gasteiger partial charge in [0.2, 0.25) is 0 Å². The predicted molar refractivity (Wildman–Crippen MR) is 64.9 cm³/mol. The van der Waals surface area contributed by atoms with Gasteiger partial charge in [0.25, 0.3) is 11.1 Å². The van der Waals surface area contributed by atoms with Crippen molar-refractivity contribution in [3.8, 4) is 0 Å². The molecule has 0 atom stereocenters. The van der Waals surface area contributed by atoms with Crippen molar-refractivity contribution in [2.24, 2.45) is 28.2 Å². The van der Waals surface area contributed by atoms with E-state index in [2.05, 4.69) is 0 Å². The summed E-state index contributed by atoms with van der Waals surface area (Å²) in [7, 11) is 5.37. The molecule has 0 saturated heterocycles. The van der Waals surface area contributed by atoms with Crippen molar-refractivity contribution in [3.05, 3.63) is 41.7 Å². The van der Waals surface area contributed by atoms with Crippen LogP contribution in [0.5, 0.6) is 0 Å². The Balaban J connectivity index is 3.46. The fourth-order valence-corrected chi connectivity index (χ4v) is 1.94. The standard InChI is InChI=1S/C10H12N4O4/c1-11-5-6(8(16)13(3)9(11)17)12(2)10(18)14(4)7(5)15/h1-4H3. The summed E-state index contributed by atoms with van der Waals surface area (Å²) >= 11 is 0. The molecule has 0 saturated carbocycles. The molecule has 8 nitrogen and oxygen atoms in total. The lowest BCUT2D eigenvalue weighted by atomic mass is 10.4. The van der Waals surface area contributed by atoms with E-state index < -0.39 is 22.5 Å². The molecule has 8 heteroatoms. The van der Waals surface area contributed by atoms with Crippen molar-refractivity contribution >= 4 is 11.0 Å². The molecular formula is C10H12N4O4. The first-order chi connectivity index (χ1) is 8.29. The highest BCUT2D eigenvalue weighted by Crippen LogP contribution is 1.96. The summed E-state index contributed by atoms with van der Waals surface area (Å²) in [4.78, 5) is 47.5. The van der Waals surface area contributed by atoms with Crippen LogP contribution in [-0.2, 0) is 28.2 Å². The summed E-state index contributed by atoms with van der Waals surface area (Å²) in [6.45, 7) is 0. The normalized spacial score (nSPS) is 11.1. The van der Waals surface area contributed by atoms with E-state index in [0.29, 0.717) is 0 Å². The zero-order chi connectivity index (χ0) is 13.8. The second kappa shape index (κ2) is 3.56. The molecule has 0 aromatic carbocycles. The average Bonchev–Trinajstić information content (AvgIpc) is 2.35. The van der Waals surface area contributed by atoms with E-state index in [9.17, 15) is 19.2 Å². The van der Waals surface area contributed by atoms with Crippen LogP contribution in [0.25, 0.3) is 11.0 Å². The number of aromatic nitrogens is 4. The van der Waals surface area contributed by atoms with Crippen LogP contribution in [0.2, 0.25) is 0 Å². The van der Waals surface area contributed by atoms with Gasteiger partial charge in [-0.1, -0.05) is 0 Å². The molecule has 0 amide bonds. The fraction of sp³-hybridized carbons (Fsp3) is 0.400. The number of rotatable bonds is 0. The zero-order valence-corrected chi connectivity index (χ0v) is 10.4. The van der Waals surface area contributed by atoms with Gasteiger partial charge in [-0.25, -0.2) is 9.59 Å². The van der Waals surface area contributed by atoms with Crippen LogP contribution < -0.4 is 22.5 Å². The summed E-state index contributed by atoms with van der Waals surface area (Å²) in [6, 6.07) is 0. The van der Waals surface area contributed by atoms with E-state index in [4.69, 9.17) is 0 Å². The third-order valence-electron chi connectivity index (χ3n) is 3.06. The number of hydrogen-bond donors (Lipinski definition) is 0. The lowest BCUT2D eigenvalue weighted by molar-refractivity contribution is 0.660. The van der Waals surface area contributed by atoms with Crippen molar-refractivity contribution in [2.75, 3.05) is 0 Å². The zero-order valence-electron chi connectivity index (χ0n) is 10.4. The van der Waals surface area contributed by atoms with E-state index in [1.807, 2.05) is 0 Å². The van der Waals surface area contributed by atoms with Gasteiger partial charge in [-0.05, 0) is 0 Å². The van der Waals surface area contributed by atoms with Gasteiger partial charge in [-0.15, -0.1) is 0 Å². The van der Waals surface area contributed by atoms with Crippen LogP contribution in [0, 0.1) is 0 Å². The van der Waals surface area contributed by atoms with Crippen molar-refractivity contribution in [1.82, 2.24) is 18.3 Å². The Kier molecular flexibility index (Phi) is 2.39. The molecule has 0 radical (unpaired) electrons. The Morgan fingerprint density at radius 3 is 1.11 bits per heavy atom. The van der Waals surface area contributed by atoms with Gasteiger partial charge in [0, 0.05) is 28.2 Å². The highest BCUT2D eigenvalue weighted by Gasteiger charge is 2.16. The molecule has 2 aromatic heterocycles. The molecule has 2 rings (SSSR count). The first-order valence-corrected chi connectivity index (χ1v) is 5.14. The van der Waals surface area contributed by atoms with Crippen molar-refractivity contribution in [3.63, 3.8) is 0 Å². The minimum absolute atomic E-state index is 0.0762. The van der Waals surface area contributed by atoms with E-state index in [1.165, 1.54) is 28.2 Å². The van der Waals surface area contributed by atoms with Gasteiger partial charge in [0.05, 0.1) is 0 Å². The quantitative estimate of drug-likeness (QED) is 0.524. The number of aryl methyl sites for hydroxylation is 2. The fourth-order valence-electron chi connectivity index (χ4n) is 1.94. The average molecular weight is 252 g/mol. The lowest BCUT2D eigenvalue weighted by Gasteiger charge is -2.10. The Morgan fingerprint density at radius 1 is 0.556 bits per heavy atom. The smallest absolute Gasteiger partial charge is 0.290 e. The maximum Gasteiger partial charge on any atom is 0.331 e. The molecule has 0 aliphatic carbocycles. The molecule has 0 spiro atoms. The molecule has 0 aliphatic rings. The summed E-state index contributed by atoms with van der Waals surface area (Å²) in [5.74, 6) is 0. The molecule has 0 unspecified atom stereocenters. The van der Waals surface area contributed by atoms with Crippen LogP contribution in [0.4, 0.5) is 0 Å². The van der Waals surface area contributed by atoms with Crippen LogP contribution in [0.15, 0.2) is 19.2 Å². The van der Waals surface area contributed by atoms with E-state index in [1.54, 1.807) is 0 Å². The maximum absolute atomic E-state index is 12.0. The molecule has 2 aromatic rings.